The monoisotopic (exact) mass is 197 g/mol. The second-order valence-electron chi connectivity index (χ2n) is 2.79. The Labute approximate surface area is 80.7 Å². The van der Waals surface area contributed by atoms with Gasteiger partial charge in [-0.3, -0.25) is 0 Å². The van der Waals surface area contributed by atoms with Crippen LogP contribution >= 0.6 is 0 Å². The van der Waals surface area contributed by atoms with Crippen LogP contribution in [-0.4, -0.2) is 13.0 Å². The Balaban J connectivity index is 2.75. The van der Waals surface area contributed by atoms with Crippen molar-refractivity contribution in [3.8, 4) is 11.8 Å². The van der Waals surface area contributed by atoms with E-state index >= 15 is 0 Å². The smallest absolute Gasteiger partial charge is 0.272 e. The SMILES string of the molecule is Cc1cc(C#N)ccc1OCC(F)F. The molecular weight excluding hydrogens is 188 g/mol. The Bertz CT molecular complexity index is 358. The molecule has 14 heavy (non-hydrogen) atoms. The number of nitriles is 1. The molecule has 0 unspecified atom stereocenters. The van der Waals surface area contributed by atoms with Crippen LogP contribution in [-0.2, 0) is 0 Å². The van der Waals surface area contributed by atoms with Crippen LogP contribution in [0.15, 0.2) is 18.2 Å². The molecule has 74 valence electrons. The van der Waals surface area contributed by atoms with Gasteiger partial charge in [0.15, 0.2) is 0 Å². The quantitative estimate of drug-likeness (QED) is 0.745. The van der Waals surface area contributed by atoms with Gasteiger partial charge < -0.3 is 4.74 Å². The van der Waals surface area contributed by atoms with Crippen LogP contribution in [0.2, 0.25) is 0 Å². The van der Waals surface area contributed by atoms with Gasteiger partial charge in [0.25, 0.3) is 6.43 Å². The first-order chi connectivity index (χ1) is 6.63. The van der Waals surface area contributed by atoms with Crippen molar-refractivity contribution in [1.82, 2.24) is 0 Å². The number of halogens is 2. The standard InChI is InChI=1S/C10H9F2NO/c1-7-4-8(5-13)2-3-9(7)14-6-10(11)12/h2-4,10H,6H2,1H3. The van der Waals surface area contributed by atoms with Crippen molar-refractivity contribution >= 4 is 0 Å². The number of hydrogen-bond donors (Lipinski definition) is 0. The average Bonchev–Trinajstić information content (AvgIpc) is 2.15. The number of benzene rings is 1. The van der Waals surface area contributed by atoms with Gasteiger partial charge >= 0.3 is 0 Å². The molecule has 0 aromatic heterocycles. The fourth-order valence-electron chi connectivity index (χ4n) is 1.03. The highest BCUT2D eigenvalue weighted by molar-refractivity contribution is 5.41. The van der Waals surface area contributed by atoms with Gasteiger partial charge in [0.05, 0.1) is 11.6 Å². The molecule has 1 rings (SSSR count). The fourth-order valence-corrected chi connectivity index (χ4v) is 1.03. The van der Waals surface area contributed by atoms with Gasteiger partial charge in [-0.2, -0.15) is 5.26 Å². The van der Waals surface area contributed by atoms with Gasteiger partial charge in [-0.15, -0.1) is 0 Å². The number of nitrogens with zero attached hydrogens (tertiary/aromatic N) is 1. The molecule has 0 N–H and O–H groups in total. The molecular formula is C10H9F2NO. The Morgan fingerprint density at radius 3 is 2.71 bits per heavy atom. The van der Waals surface area contributed by atoms with Crippen LogP contribution in [0.4, 0.5) is 8.78 Å². The highest BCUT2D eigenvalue weighted by Gasteiger charge is 2.05. The predicted octanol–water partition coefficient (Wildman–Crippen LogP) is 2.51. The van der Waals surface area contributed by atoms with E-state index in [9.17, 15) is 8.78 Å². The zero-order valence-corrected chi connectivity index (χ0v) is 7.63. The largest absolute Gasteiger partial charge is 0.487 e. The molecule has 0 saturated heterocycles. The van der Waals surface area contributed by atoms with E-state index in [1.54, 1.807) is 13.0 Å². The summed E-state index contributed by atoms with van der Waals surface area (Å²) < 4.78 is 28.5. The zero-order chi connectivity index (χ0) is 10.6. The van der Waals surface area contributed by atoms with Crippen LogP contribution < -0.4 is 4.74 Å². The summed E-state index contributed by atoms with van der Waals surface area (Å²) in [6, 6.07) is 6.61. The highest BCUT2D eigenvalue weighted by atomic mass is 19.3. The number of aryl methyl sites for hydroxylation is 1. The maximum absolute atomic E-state index is 11.8. The topological polar surface area (TPSA) is 33.0 Å². The molecule has 0 amide bonds. The summed E-state index contributed by atoms with van der Waals surface area (Å²) in [5.41, 5.74) is 1.18. The summed E-state index contributed by atoms with van der Waals surface area (Å²) in [6.45, 7) is 1.09. The van der Waals surface area contributed by atoms with Crippen molar-refractivity contribution in [2.75, 3.05) is 6.61 Å². The fraction of sp³-hybridized carbons (Fsp3) is 0.300. The minimum absolute atomic E-state index is 0.393. The molecule has 1 aromatic rings. The summed E-state index contributed by atoms with van der Waals surface area (Å²) in [5.74, 6) is 0.393. The number of rotatable bonds is 3. The first kappa shape index (κ1) is 10.5. The molecule has 1 aromatic carbocycles. The van der Waals surface area contributed by atoms with Crippen molar-refractivity contribution in [2.24, 2.45) is 0 Å². The normalized spacial score (nSPS) is 9.93. The first-order valence-electron chi connectivity index (χ1n) is 4.05. The zero-order valence-electron chi connectivity index (χ0n) is 7.63. The van der Waals surface area contributed by atoms with Crippen molar-refractivity contribution in [3.05, 3.63) is 29.3 Å². The predicted molar refractivity (Wildman–Crippen MR) is 47.4 cm³/mol. The van der Waals surface area contributed by atoms with E-state index in [1.165, 1.54) is 12.1 Å². The van der Waals surface area contributed by atoms with Crippen molar-refractivity contribution in [1.29, 1.82) is 5.26 Å². The molecule has 0 aliphatic rings. The average molecular weight is 197 g/mol. The van der Waals surface area contributed by atoms with Gasteiger partial charge in [0.1, 0.15) is 12.4 Å². The molecule has 0 heterocycles. The van der Waals surface area contributed by atoms with E-state index in [-0.39, 0.29) is 0 Å². The van der Waals surface area contributed by atoms with Crippen LogP contribution in [0.5, 0.6) is 5.75 Å². The molecule has 0 aliphatic heterocycles. The molecule has 0 fully saturated rings. The Kier molecular flexibility index (Phi) is 3.41. The first-order valence-corrected chi connectivity index (χ1v) is 4.05. The third-order valence-electron chi connectivity index (χ3n) is 1.67. The second kappa shape index (κ2) is 4.56. The van der Waals surface area contributed by atoms with Crippen molar-refractivity contribution in [2.45, 2.75) is 13.3 Å². The van der Waals surface area contributed by atoms with Crippen LogP contribution in [0.25, 0.3) is 0 Å². The third kappa shape index (κ3) is 2.70. The lowest BCUT2D eigenvalue weighted by Gasteiger charge is -2.08. The number of alkyl halides is 2. The van der Waals surface area contributed by atoms with E-state index in [4.69, 9.17) is 10.00 Å². The van der Waals surface area contributed by atoms with Gasteiger partial charge in [0, 0.05) is 0 Å². The molecule has 0 atom stereocenters. The summed E-state index contributed by atoms with van der Waals surface area (Å²) in [6.07, 6.45) is -2.48. The summed E-state index contributed by atoms with van der Waals surface area (Å²) in [4.78, 5) is 0. The van der Waals surface area contributed by atoms with E-state index in [0.29, 0.717) is 16.9 Å². The lowest BCUT2D eigenvalue weighted by molar-refractivity contribution is 0.0816. The van der Waals surface area contributed by atoms with Gasteiger partial charge in [-0.25, -0.2) is 8.78 Å². The number of hydrogen-bond acceptors (Lipinski definition) is 2. The second-order valence-corrected chi connectivity index (χ2v) is 2.79. The lowest BCUT2D eigenvalue weighted by atomic mass is 10.1. The highest BCUT2D eigenvalue weighted by Crippen LogP contribution is 2.19. The van der Waals surface area contributed by atoms with E-state index in [2.05, 4.69) is 0 Å². The minimum atomic E-state index is -2.48. The van der Waals surface area contributed by atoms with Gasteiger partial charge in [-0.05, 0) is 30.7 Å². The maximum Gasteiger partial charge on any atom is 0.272 e. The van der Waals surface area contributed by atoms with Crippen LogP contribution in [0, 0.1) is 18.3 Å². The van der Waals surface area contributed by atoms with Crippen LogP contribution in [0.3, 0.4) is 0 Å². The van der Waals surface area contributed by atoms with Crippen molar-refractivity contribution in [3.63, 3.8) is 0 Å². The summed E-state index contributed by atoms with van der Waals surface area (Å²) in [5, 5.41) is 8.56. The molecule has 0 spiro atoms. The van der Waals surface area contributed by atoms with Gasteiger partial charge in [0.2, 0.25) is 0 Å². The van der Waals surface area contributed by atoms with E-state index in [1.807, 2.05) is 6.07 Å². The molecule has 0 radical (unpaired) electrons. The molecule has 0 saturated carbocycles. The van der Waals surface area contributed by atoms with Gasteiger partial charge in [-0.1, -0.05) is 0 Å². The molecule has 4 heteroatoms. The van der Waals surface area contributed by atoms with E-state index < -0.39 is 13.0 Å². The summed E-state index contributed by atoms with van der Waals surface area (Å²) >= 11 is 0. The maximum atomic E-state index is 11.8. The van der Waals surface area contributed by atoms with Crippen LogP contribution in [0.1, 0.15) is 11.1 Å². The van der Waals surface area contributed by atoms with Crippen molar-refractivity contribution < 1.29 is 13.5 Å². The third-order valence-corrected chi connectivity index (χ3v) is 1.67. The summed E-state index contributed by atoms with van der Waals surface area (Å²) in [7, 11) is 0. The Morgan fingerprint density at radius 2 is 2.21 bits per heavy atom. The molecule has 0 bridgehead atoms. The van der Waals surface area contributed by atoms with E-state index in [0.717, 1.165) is 0 Å². The molecule has 2 nitrogen and oxygen atoms in total. The lowest BCUT2D eigenvalue weighted by Crippen LogP contribution is -2.07. The number of ether oxygens (including phenoxy) is 1. The Hall–Kier alpha value is -1.63. The Morgan fingerprint density at radius 1 is 1.50 bits per heavy atom. The molecule has 0 aliphatic carbocycles. The minimum Gasteiger partial charge on any atom is -0.487 e.